The number of halogens is 3. The summed E-state index contributed by atoms with van der Waals surface area (Å²) in [5, 5.41) is 15.4. The number of rotatable bonds is 9. The van der Waals surface area contributed by atoms with Crippen LogP contribution in [0.15, 0.2) is 53.0 Å². The summed E-state index contributed by atoms with van der Waals surface area (Å²) in [5.74, 6) is 0.146. The van der Waals surface area contributed by atoms with Crippen LogP contribution >= 0.6 is 57.9 Å². The number of benzene rings is 2. The highest BCUT2D eigenvalue weighted by Gasteiger charge is 2.23. The number of carbonyl (C=O) groups excluding carboxylic acids is 2. The summed E-state index contributed by atoms with van der Waals surface area (Å²) in [6, 6.07) is 12.0. The Balaban J connectivity index is 1.43. The Morgan fingerprint density at radius 1 is 1.11 bits per heavy atom. The lowest BCUT2D eigenvalue weighted by atomic mass is 10.0. The molecular formula is C25H21Cl3N4O4S2. The normalized spacial score (nSPS) is 11.7. The molecule has 8 nitrogen and oxygen atoms in total. The fourth-order valence-corrected chi connectivity index (χ4v) is 5.65. The molecule has 1 amide bonds. The Labute approximate surface area is 242 Å². The lowest BCUT2D eigenvalue weighted by molar-refractivity contribution is -0.113. The molecule has 198 valence electrons. The van der Waals surface area contributed by atoms with Crippen molar-refractivity contribution in [1.82, 2.24) is 14.8 Å². The molecule has 0 spiro atoms. The van der Waals surface area contributed by atoms with Gasteiger partial charge in [0.05, 0.1) is 17.9 Å². The number of ether oxygens (including phenoxy) is 2. The Morgan fingerprint density at radius 3 is 2.53 bits per heavy atom. The second kappa shape index (κ2) is 12.4. The van der Waals surface area contributed by atoms with Crippen molar-refractivity contribution < 1.29 is 19.1 Å². The molecule has 0 saturated carbocycles. The summed E-state index contributed by atoms with van der Waals surface area (Å²) in [6.45, 7) is 1.81. The third kappa shape index (κ3) is 6.44. The van der Waals surface area contributed by atoms with Gasteiger partial charge in [0.25, 0.3) is 0 Å². The van der Waals surface area contributed by atoms with Crippen LogP contribution in [-0.4, -0.2) is 39.5 Å². The number of methoxy groups -OCH3 is 1. The van der Waals surface area contributed by atoms with Gasteiger partial charge in [0.15, 0.2) is 17.1 Å². The van der Waals surface area contributed by atoms with Gasteiger partial charge in [-0.25, -0.2) is 4.79 Å². The van der Waals surface area contributed by atoms with Crippen LogP contribution in [0.3, 0.4) is 0 Å². The molecule has 0 saturated heterocycles. The van der Waals surface area contributed by atoms with E-state index >= 15 is 0 Å². The van der Waals surface area contributed by atoms with E-state index in [0.29, 0.717) is 42.4 Å². The van der Waals surface area contributed by atoms with Crippen LogP contribution in [-0.2, 0) is 16.6 Å². The van der Waals surface area contributed by atoms with Crippen LogP contribution in [0, 0.1) is 0 Å². The molecule has 1 atom stereocenters. The number of thioether (sulfide) groups is 1. The predicted molar refractivity (Wildman–Crippen MR) is 152 cm³/mol. The van der Waals surface area contributed by atoms with Crippen LogP contribution in [0.25, 0.3) is 11.1 Å². The maximum Gasteiger partial charge on any atom is 0.341 e. The SMILES string of the molecule is COC(=O)c1c(-c2ccc(Cl)cc2)csc1NC(=O)CSc1nnc(C(C)Oc2cc(Cl)ccc2Cl)n1C. The van der Waals surface area contributed by atoms with Gasteiger partial charge >= 0.3 is 5.97 Å². The summed E-state index contributed by atoms with van der Waals surface area (Å²) in [6.07, 6.45) is -0.480. The van der Waals surface area contributed by atoms with Gasteiger partial charge in [-0.3, -0.25) is 4.79 Å². The molecule has 2 aromatic heterocycles. The number of hydrogen-bond acceptors (Lipinski definition) is 8. The number of hydrogen-bond donors (Lipinski definition) is 1. The first-order valence-electron chi connectivity index (χ1n) is 11.1. The zero-order chi connectivity index (χ0) is 27.4. The van der Waals surface area contributed by atoms with Crippen LogP contribution in [0.1, 0.15) is 29.2 Å². The number of carbonyl (C=O) groups is 2. The summed E-state index contributed by atoms with van der Waals surface area (Å²) in [4.78, 5) is 25.3. The number of nitrogens with zero attached hydrogens (tertiary/aromatic N) is 3. The van der Waals surface area contributed by atoms with E-state index in [4.69, 9.17) is 44.3 Å². The van der Waals surface area contributed by atoms with Crippen molar-refractivity contribution in [3.05, 3.63) is 74.3 Å². The first-order chi connectivity index (χ1) is 18.2. The fourth-order valence-electron chi connectivity index (χ4n) is 3.51. The Morgan fingerprint density at radius 2 is 1.82 bits per heavy atom. The number of aromatic nitrogens is 3. The highest BCUT2D eigenvalue weighted by molar-refractivity contribution is 7.99. The molecule has 0 aliphatic heterocycles. The third-order valence-electron chi connectivity index (χ3n) is 5.35. The molecule has 4 rings (SSSR count). The van der Waals surface area contributed by atoms with E-state index in [-0.39, 0.29) is 17.2 Å². The maximum atomic E-state index is 12.8. The van der Waals surface area contributed by atoms with Gasteiger partial charge in [0.2, 0.25) is 5.91 Å². The van der Waals surface area contributed by atoms with Gasteiger partial charge in [0.1, 0.15) is 16.3 Å². The molecule has 1 N–H and O–H groups in total. The van der Waals surface area contributed by atoms with Crippen molar-refractivity contribution in [2.75, 3.05) is 18.2 Å². The van der Waals surface area contributed by atoms with Gasteiger partial charge in [-0.1, -0.05) is 58.7 Å². The van der Waals surface area contributed by atoms with E-state index in [1.807, 2.05) is 6.92 Å². The molecule has 0 fully saturated rings. The van der Waals surface area contributed by atoms with E-state index < -0.39 is 12.1 Å². The summed E-state index contributed by atoms with van der Waals surface area (Å²) in [7, 11) is 3.08. The van der Waals surface area contributed by atoms with Crippen molar-refractivity contribution in [3.63, 3.8) is 0 Å². The molecule has 0 aliphatic rings. The molecule has 0 bridgehead atoms. The zero-order valence-electron chi connectivity index (χ0n) is 20.3. The molecule has 4 aromatic rings. The van der Waals surface area contributed by atoms with Crippen molar-refractivity contribution in [3.8, 4) is 16.9 Å². The van der Waals surface area contributed by atoms with E-state index in [0.717, 1.165) is 5.56 Å². The summed E-state index contributed by atoms with van der Waals surface area (Å²) in [5.41, 5.74) is 1.71. The molecule has 13 heteroatoms. The van der Waals surface area contributed by atoms with Crippen LogP contribution < -0.4 is 10.1 Å². The smallest absolute Gasteiger partial charge is 0.341 e. The zero-order valence-corrected chi connectivity index (χ0v) is 24.2. The van der Waals surface area contributed by atoms with Crippen molar-refractivity contribution in [2.24, 2.45) is 7.05 Å². The number of amides is 1. The van der Waals surface area contributed by atoms with Gasteiger partial charge in [-0.05, 0) is 36.8 Å². The molecule has 38 heavy (non-hydrogen) atoms. The monoisotopic (exact) mass is 610 g/mol. The quantitative estimate of drug-likeness (QED) is 0.158. The third-order valence-corrected chi connectivity index (χ3v) is 8.07. The van der Waals surface area contributed by atoms with E-state index in [1.54, 1.807) is 59.5 Å². The molecular weight excluding hydrogens is 591 g/mol. The topological polar surface area (TPSA) is 95.3 Å². The van der Waals surface area contributed by atoms with Crippen LogP contribution in [0.2, 0.25) is 15.1 Å². The predicted octanol–water partition coefficient (Wildman–Crippen LogP) is 7.16. The van der Waals surface area contributed by atoms with E-state index in [1.165, 1.54) is 30.2 Å². The fraction of sp³-hybridized carbons (Fsp3) is 0.200. The first-order valence-corrected chi connectivity index (χ1v) is 14.1. The number of esters is 1. The van der Waals surface area contributed by atoms with Gasteiger partial charge < -0.3 is 19.4 Å². The highest BCUT2D eigenvalue weighted by atomic mass is 35.5. The maximum absolute atomic E-state index is 12.8. The molecule has 0 radical (unpaired) electrons. The second-order valence-electron chi connectivity index (χ2n) is 7.92. The number of nitrogens with one attached hydrogen (secondary N) is 1. The lowest BCUT2D eigenvalue weighted by Gasteiger charge is -2.15. The van der Waals surface area contributed by atoms with Gasteiger partial charge in [0, 0.05) is 34.1 Å². The summed E-state index contributed by atoms with van der Waals surface area (Å²) < 4.78 is 12.6. The minimum absolute atomic E-state index is 0.0378. The first kappa shape index (κ1) is 28.3. The minimum Gasteiger partial charge on any atom is -0.481 e. The number of anilines is 1. The molecule has 2 aromatic carbocycles. The molecule has 0 aliphatic carbocycles. The standard InChI is InChI=1S/C25H21Cl3N4O4S2/c1-13(36-19-10-16(27)8-9-18(19)28)22-30-31-25(32(22)2)38-12-20(33)29-23-21(24(34)35-3)17(11-37-23)14-4-6-15(26)7-5-14/h4-11,13H,12H2,1-3H3,(H,29,33). The van der Waals surface area contributed by atoms with Crippen LogP contribution in [0.4, 0.5) is 5.00 Å². The number of thiophene rings is 1. The average molecular weight is 612 g/mol. The van der Waals surface area contributed by atoms with Crippen molar-refractivity contribution in [2.45, 2.75) is 18.2 Å². The largest absolute Gasteiger partial charge is 0.481 e. The highest BCUT2D eigenvalue weighted by Crippen LogP contribution is 2.37. The Kier molecular flexibility index (Phi) is 9.22. The lowest BCUT2D eigenvalue weighted by Crippen LogP contribution is -2.16. The van der Waals surface area contributed by atoms with Crippen molar-refractivity contribution >= 4 is 74.8 Å². The second-order valence-corrected chi connectivity index (χ2v) is 11.0. The Bertz CT molecular complexity index is 1470. The van der Waals surface area contributed by atoms with Crippen LogP contribution in [0.5, 0.6) is 5.75 Å². The van der Waals surface area contributed by atoms with E-state index in [2.05, 4.69) is 15.5 Å². The van der Waals surface area contributed by atoms with E-state index in [9.17, 15) is 9.59 Å². The average Bonchev–Trinajstić information content (AvgIpc) is 3.48. The molecule has 1 unspecified atom stereocenters. The summed E-state index contributed by atoms with van der Waals surface area (Å²) >= 11 is 20.7. The van der Waals surface area contributed by atoms with Gasteiger partial charge in [-0.2, -0.15) is 0 Å². The van der Waals surface area contributed by atoms with Crippen molar-refractivity contribution in [1.29, 1.82) is 0 Å². The minimum atomic E-state index is -0.550. The Hall–Kier alpha value is -2.76. The molecule has 2 heterocycles. The van der Waals surface area contributed by atoms with Gasteiger partial charge in [-0.15, -0.1) is 21.5 Å².